The molecule has 0 spiro atoms. The number of methoxy groups -OCH3 is 4. The van der Waals surface area contributed by atoms with Crippen molar-refractivity contribution in [2.45, 2.75) is 162 Å². The number of sulfonamides is 3. The van der Waals surface area contributed by atoms with Crippen LogP contribution < -0.4 is 45.7 Å². The molecule has 4 fully saturated rings. The van der Waals surface area contributed by atoms with E-state index in [1.165, 1.54) is 80.7 Å². The fraction of sp³-hybridized carbons (Fsp3) is 0.579. The molecule has 5 N–H and O–H groups in total. The first-order chi connectivity index (χ1) is 53.9. The van der Waals surface area contributed by atoms with Gasteiger partial charge >= 0.3 is 18.5 Å². The standard InChI is InChI=1S/C26H36F3N5O5S.C24H32ClF3N6O3S.C24H30ClF3N4O4S.2CH4/c1-16-12-21(23(39-4)14-18(16)24(35)30-10-11-38-3)33-25-31-15-19(26(27,28)29)20(32-25)13-17-8-6-7-9-22(17)34(2)40(5,36)37;1-33(38(3,35)36)20-6-4-5-15(20)11-18-16(24(26,27)28)14-30-23(31-18)32-19-12-17(25)21(13-22(19)37-2)34-9-7-29-8-10-34;1-5-21(33)15-11-22(36-3)19(12-17(15)25)31-23-29-13-16(24(26,27)28)18(30-23)10-14-8-6-7-9-20(14)32(2)37(4,34)35;;/h12,14-15,17,22H,6-11,13H2,1-5H3,(H,30,35)(H,31,32,33);12-15,20,29H,4-11H2,1-3H3,(H,30,31,32);11-14,20H,5-10H2,1-4H3,(H,29,30,31);2*1H4/t17-,22?;15-,20?;14-,20+;;/m000../s1. The van der Waals surface area contributed by atoms with Crippen molar-refractivity contribution in [3.05, 3.63) is 115 Å². The van der Waals surface area contributed by atoms with Crippen molar-refractivity contribution in [2.75, 3.05) is 129 Å². The Hall–Kier alpha value is -7.76. The SMILES string of the molecule is C.C.CCC(=O)c1cc(OC)c(Nc2ncc(C(F)(F)F)c(C[C@@H]3CCCC[C@H]3N(C)S(C)(=O)=O)n2)cc1Cl.COCCNC(=O)c1cc(OC)c(Nc2ncc(C(F)(F)F)c(C[C@@H]3CCCCC3N(C)S(C)(=O)=O)n2)cc1C.COc1cc(N2CCNCC2)c(Cl)cc1Nc1ncc(C(F)(F)F)c(C[C@@H]2CCCC2N(C)S(C)(=O)=O)n1. The van der Waals surface area contributed by atoms with Crippen LogP contribution in [0.2, 0.25) is 10.0 Å². The number of ketones is 1. The van der Waals surface area contributed by atoms with Crippen molar-refractivity contribution in [1.82, 2.24) is 53.5 Å². The zero-order valence-electron chi connectivity index (χ0n) is 65.8. The third-order valence-electron chi connectivity index (χ3n) is 21.0. The summed E-state index contributed by atoms with van der Waals surface area (Å²) in [6, 6.07) is 8.21. The number of carbonyl (C=O) groups is 2. The van der Waals surface area contributed by atoms with Crippen LogP contribution in [-0.4, -0.2) is 206 Å². The van der Waals surface area contributed by atoms with Gasteiger partial charge in [0.25, 0.3) is 5.91 Å². The van der Waals surface area contributed by atoms with E-state index < -0.39 is 83.4 Å². The van der Waals surface area contributed by atoms with E-state index in [1.807, 2.05) is 0 Å². The fourth-order valence-corrected chi connectivity index (χ4v) is 17.6. The van der Waals surface area contributed by atoms with Crippen LogP contribution in [0.4, 0.5) is 80.1 Å². The molecule has 6 atom stereocenters. The van der Waals surface area contributed by atoms with Crippen molar-refractivity contribution in [2.24, 2.45) is 17.8 Å². The van der Waals surface area contributed by atoms with Crippen LogP contribution in [0.5, 0.6) is 17.2 Å². The molecule has 6 aromatic rings. The number of aryl methyl sites for hydroxylation is 1. The van der Waals surface area contributed by atoms with Gasteiger partial charge in [-0.15, -0.1) is 0 Å². The van der Waals surface area contributed by atoms with Crippen molar-refractivity contribution in [3.8, 4) is 17.2 Å². The first-order valence-electron chi connectivity index (χ1n) is 37.0. The highest BCUT2D eigenvalue weighted by atomic mass is 35.5. The van der Waals surface area contributed by atoms with Gasteiger partial charge < -0.3 is 50.4 Å². The second kappa shape index (κ2) is 42.0. The summed E-state index contributed by atoms with van der Waals surface area (Å²) < 4.78 is 223. The number of Topliss-reactive ketones (excluding diaryl/α,β-unsaturated/α-hetero) is 1. The Bertz CT molecular complexity index is 4750. The third kappa shape index (κ3) is 26.1. The van der Waals surface area contributed by atoms with Gasteiger partial charge in [0.1, 0.15) is 17.2 Å². The maximum atomic E-state index is 13.9. The lowest BCUT2D eigenvalue weighted by Gasteiger charge is -2.37. The molecule has 27 nitrogen and oxygen atoms in total. The van der Waals surface area contributed by atoms with Crippen LogP contribution in [0.25, 0.3) is 0 Å². The average molecular weight is 1760 g/mol. The van der Waals surface area contributed by atoms with E-state index in [1.54, 1.807) is 32.0 Å². The van der Waals surface area contributed by atoms with Gasteiger partial charge in [0, 0.05) is 121 Å². The average Bonchev–Trinajstić information content (AvgIpc) is 1.57. The number of hydrogen-bond acceptors (Lipinski definition) is 23. The van der Waals surface area contributed by atoms with E-state index in [-0.39, 0.29) is 133 Å². The number of halogens is 11. The summed E-state index contributed by atoms with van der Waals surface area (Å²) in [6.45, 7) is 7.28. The maximum Gasteiger partial charge on any atom is 0.419 e. The van der Waals surface area contributed by atoms with Gasteiger partial charge in [-0.1, -0.05) is 77.1 Å². The molecule has 1 aliphatic heterocycles. The molecule has 3 aromatic carbocycles. The first-order valence-corrected chi connectivity index (χ1v) is 43.3. The Kier molecular flexibility index (Phi) is 35.2. The summed E-state index contributed by atoms with van der Waals surface area (Å²) in [6.07, 6.45) is -1.12. The molecule has 117 heavy (non-hydrogen) atoms. The molecule has 652 valence electrons. The number of nitrogens with zero attached hydrogens (tertiary/aromatic N) is 10. The molecule has 3 aromatic heterocycles. The number of benzene rings is 3. The highest BCUT2D eigenvalue weighted by Crippen LogP contribution is 2.44. The lowest BCUT2D eigenvalue weighted by molar-refractivity contribution is -0.139. The number of ether oxygens (including phenoxy) is 4. The summed E-state index contributed by atoms with van der Waals surface area (Å²) in [4.78, 5) is 51.2. The second-order valence-corrected chi connectivity index (χ2v) is 35.6. The molecule has 0 radical (unpaired) electrons. The van der Waals surface area contributed by atoms with E-state index >= 15 is 0 Å². The van der Waals surface area contributed by atoms with Gasteiger partial charge in [0.2, 0.25) is 47.9 Å². The summed E-state index contributed by atoms with van der Waals surface area (Å²) in [5.74, 6) is -0.786. The van der Waals surface area contributed by atoms with E-state index in [4.69, 9.17) is 42.1 Å². The van der Waals surface area contributed by atoms with Crippen LogP contribution >= 0.6 is 23.2 Å². The summed E-state index contributed by atoms with van der Waals surface area (Å²) in [5, 5.41) is 15.4. The molecule has 0 bridgehead atoms. The summed E-state index contributed by atoms with van der Waals surface area (Å²) in [5.41, 5.74) is -0.418. The van der Waals surface area contributed by atoms with Crippen LogP contribution in [-0.2, 0) is 72.6 Å². The second-order valence-electron chi connectivity index (χ2n) is 28.6. The Morgan fingerprint density at radius 1 is 0.530 bits per heavy atom. The zero-order chi connectivity index (χ0) is 84.9. The molecule has 1 saturated heterocycles. The van der Waals surface area contributed by atoms with E-state index in [2.05, 4.69) is 61.4 Å². The quantitative estimate of drug-likeness (QED) is 0.0173. The molecule has 10 rings (SSSR count). The topological polar surface area (TPSA) is 324 Å². The summed E-state index contributed by atoms with van der Waals surface area (Å²) >= 11 is 12.8. The largest absolute Gasteiger partial charge is 0.495 e. The highest BCUT2D eigenvalue weighted by Gasteiger charge is 2.43. The van der Waals surface area contributed by atoms with Crippen molar-refractivity contribution in [1.29, 1.82) is 0 Å². The fourth-order valence-electron chi connectivity index (χ4n) is 14.7. The molecule has 3 saturated carbocycles. The minimum absolute atomic E-state index is 0. The van der Waals surface area contributed by atoms with Gasteiger partial charge in [0.05, 0.1) is 113 Å². The van der Waals surface area contributed by atoms with E-state index in [0.29, 0.717) is 91.1 Å². The smallest absolute Gasteiger partial charge is 0.419 e. The number of aromatic nitrogens is 6. The Balaban J connectivity index is 0.000000270. The van der Waals surface area contributed by atoms with Gasteiger partial charge in [-0.05, 0) is 118 Å². The van der Waals surface area contributed by atoms with Gasteiger partial charge in [0.15, 0.2) is 5.78 Å². The number of rotatable bonds is 28. The molecular weight excluding hydrogens is 1650 g/mol. The number of anilines is 7. The Morgan fingerprint density at radius 3 is 1.25 bits per heavy atom. The van der Waals surface area contributed by atoms with Crippen LogP contribution in [0, 0.1) is 24.7 Å². The van der Waals surface area contributed by atoms with Crippen LogP contribution in [0.1, 0.15) is 159 Å². The number of alkyl halides is 9. The lowest BCUT2D eigenvalue weighted by Crippen LogP contribution is -2.44. The van der Waals surface area contributed by atoms with Crippen molar-refractivity contribution in [3.63, 3.8) is 0 Å². The minimum atomic E-state index is -4.69. The lowest BCUT2D eigenvalue weighted by atomic mass is 9.81. The molecule has 1 amide bonds. The first kappa shape index (κ1) is 98.1. The van der Waals surface area contributed by atoms with Crippen molar-refractivity contribution < 1.29 is 93.3 Å². The number of nitrogens with one attached hydrogen (secondary N) is 5. The van der Waals surface area contributed by atoms with Gasteiger partial charge in [-0.2, -0.15) is 39.5 Å². The van der Waals surface area contributed by atoms with Crippen LogP contribution in [0.15, 0.2) is 55.0 Å². The highest BCUT2D eigenvalue weighted by molar-refractivity contribution is 7.88. The van der Waals surface area contributed by atoms with Gasteiger partial charge in [-0.25, -0.2) is 68.1 Å². The van der Waals surface area contributed by atoms with E-state index in [9.17, 15) is 74.4 Å². The van der Waals surface area contributed by atoms with Crippen molar-refractivity contribution >= 4 is 106 Å². The predicted molar refractivity (Wildman–Crippen MR) is 434 cm³/mol. The molecule has 41 heteroatoms. The van der Waals surface area contributed by atoms with Crippen LogP contribution in [0.3, 0.4) is 0 Å². The number of hydrogen-bond donors (Lipinski definition) is 5. The molecule has 4 aliphatic rings. The van der Waals surface area contributed by atoms with Gasteiger partial charge in [-0.3, -0.25) is 9.59 Å². The third-order valence-corrected chi connectivity index (χ3v) is 25.5. The Labute approximate surface area is 689 Å². The zero-order valence-corrected chi connectivity index (χ0v) is 69.7. The normalized spacial score (nSPS) is 18.8. The van der Waals surface area contributed by atoms with E-state index in [0.717, 1.165) is 95.1 Å². The maximum absolute atomic E-state index is 13.9. The summed E-state index contributed by atoms with van der Waals surface area (Å²) in [7, 11) is -0.340. The number of amides is 1. The Morgan fingerprint density at radius 2 is 0.880 bits per heavy atom. The minimum Gasteiger partial charge on any atom is -0.495 e. The monoisotopic (exact) mass is 1760 g/mol. The molecule has 2 unspecified atom stereocenters. The number of carbonyl (C=O) groups excluding carboxylic acids is 2. The molecule has 3 aliphatic carbocycles. The predicted octanol–water partition coefficient (Wildman–Crippen LogP) is 14.6. The number of piperazine rings is 1. The molecular formula is C76H106Cl2F9N15O12S3. The molecule has 4 heterocycles.